The monoisotopic (exact) mass is 453 g/mol. The standard InChI is InChI=1S/C23H17Cl2N3O3/c24-16-11-9-15(10-12-16)19-17-7-4-8-18(25)20(17)27-22(29)21(26-19)28-23(30)31-13-14-5-2-1-3-6-14/h1-12,21H,13H2,(H,27,29)(H,28,30). The Morgan fingerprint density at radius 1 is 1.00 bits per heavy atom. The third-order valence-electron chi connectivity index (χ3n) is 4.61. The van der Waals surface area contributed by atoms with E-state index < -0.39 is 18.2 Å². The molecule has 0 aliphatic carbocycles. The average Bonchev–Trinajstić information content (AvgIpc) is 2.91. The van der Waals surface area contributed by atoms with E-state index >= 15 is 0 Å². The molecule has 0 aromatic heterocycles. The molecule has 0 radical (unpaired) electrons. The molecule has 1 aliphatic rings. The number of fused-ring (bicyclic) bond motifs is 1. The number of anilines is 1. The molecule has 8 heteroatoms. The summed E-state index contributed by atoms with van der Waals surface area (Å²) in [7, 11) is 0. The van der Waals surface area contributed by atoms with E-state index in [1.165, 1.54) is 0 Å². The first-order chi connectivity index (χ1) is 15.0. The molecule has 6 nitrogen and oxygen atoms in total. The lowest BCUT2D eigenvalue weighted by molar-refractivity contribution is -0.117. The van der Waals surface area contributed by atoms with Gasteiger partial charge in [0, 0.05) is 16.1 Å². The zero-order chi connectivity index (χ0) is 21.8. The van der Waals surface area contributed by atoms with Gasteiger partial charge in [-0.1, -0.05) is 77.8 Å². The third-order valence-corrected chi connectivity index (χ3v) is 5.18. The van der Waals surface area contributed by atoms with Crippen LogP contribution in [0.5, 0.6) is 0 Å². The van der Waals surface area contributed by atoms with E-state index in [4.69, 9.17) is 27.9 Å². The van der Waals surface area contributed by atoms with Crippen LogP contribution >= 0.6 is 23.2 Å². The van der Waals surface area contributed by atoms with Crippen molar-refractivity contribution in [1.29, 1.82) is 0 Å². The van der Waals surface area contributed by atoms with E-state index in [9.17, 15) is 9.59 Å². The molecule has 156 valence electrons. The van der Waals surface area contributed by atoms with Gasteiger partial charge >= 0.3 is 6.09 Å². The maximum atomic E-state index is 12.8. The second-order valence-corrected chi connectivity index (χ2v) is 7.59. The number of para-hydroxylation sites is 1. The van der Waals surface area contributed by atoms with E-state index in [1.807, 2.05) is 30.3 Å². The molecule has 4 rings (SSSR count). The number of ether oxygens (including phenoxy) is 1. The Bertz CT molecular complexity index is 1150. The fourth-order valence-corrected chi connectivity index (χ4v) is 3.46. The number of halogens is 2. The summed E-state index contributed by atoms with van der Waals surface area (Å²) in [6.07, 6.45) is -1.97. The highest BCUT2D eigenvalue weighted by atomic mass is 35.5. The lowest BCUT2D eigenvalue weighted by atomic mass is 10.0. The number of rotatable bonds is 4. The summed E-state index contributed by atoms with van der Waals surface area (Å²) in [6.45, 7) is 0.0703. The molecule has 1 aliphatic heterocycles. The SMILES string of the molecule is O=C(NC1N=C(c2ccc(Cl)cc2)c2cccc(Cl)c2NC1=O)OCc1ccccc1. The number of benzodiazepines with no additional fused rings is 1. The first-order valence-electron chi connectivity index (χ1n) is 9.42. The third kappa shape index (κ3) is 4.87. The molecule has 1 heterocycles. The summed E-state index contributed by atoms with van der Waals surface area (Å²) in [6, 6.07) is 21.5. The van der Waals surface area contributed by atoms with Gasteiger partial charge < -0.3 is 10.1 Å². The molecule has 0 bridgehead atoms. The fourth-order valence-electron chi connectivity index (χ4n) is 3.11. The van der Waals surface area contributed by atoms with E-state index in [2.05, 4.69) is 15.6 Å². The molecule has 2 N–H and O–H groups in total. The van der Waals surface area contributed by atoms with Gasteiger partial charge in [-0.05, 0) is 23.8 Å². The van der Waals surface area contributed by atoms with Crippen molar-refractivity contribution in [2.45, 2.75) is 12.8 Å². The van der Waals surface area contributed by atoms with Crippen LogP contribution in [-0.2, 0) is 16.1 Å². The summed E-state index contributed by atoms with van der Waals surface area (Å²) in [5, 5.41) is 6.19. The highest BCUT2D eigenvalue weighted by molar-refractivity contribution is 6.36. The fraction of sp³-hybridized carbons (Fsp3) is 0.0870. The Morgan fingerprint density at radius 2 is 1.74 bits per heavy atom. The summed E-state index contributed by atoms with van der Waals surface area (Å²) in [5.41, 5.74) is 3.08. The van der Waals surface area contributed by atoms with Gasteiger partial charge in [-0.25, -0.2) is 9.79 Å². The first-order valence-corrected chi connectivity index (χ1v) is 10.2. The van der Waals surface area contributed by atoms with Gasteiger partial charge in [0.2, 0.25) is 6.17 Å². The molecule has 31 heavy (non-hydrogen) atoms. The maximum Gasteiger partial charge on any atom is 0.409 e. The first kappa shape index (κ1) is 20.9. The number of alkyl carbamates (subject to hydrolysis) is 1. The second kappa shape index (κ2) is 9.20. The Kier molecular flexibility index (Phi) is 6.21. The molecule has 0 saturated heterocycles. The van der Waals surface area contributed by atoms with Gasteiger partial charge in [0.25, 0.3) is 5.91 Å². The van der Waals surface area contributed by atoms with Crippen LogP contribution in [0.1, 0.15) is 16.7 Å². The topological polar surface area (TPSA) is 79.8 Å². The van der Waals surface area contributed by atoms with Crippen molar-refractivity contribution < 1.29 is 14.3 Å². The summed E-state index contributed by atoms with van der Waals surface area (Å²) in [5.74, 6) is -0.532. The smallest absolute Gasteiger partial charge is 0.409 e. The van der Waals surface area contributed by atoms with Crippen LogP contribution in [0.25, 0.3) is 0 Å². The molecule has 0 spiro atoms. The van der Waals surface area contributed by atoms with Crippen molar-refractivity contribution in [3.8, 4) is 0 Å². The average molecular weight is 454 g/mol. The van der Waals surface area contributed by atoms with Crippen molar-refractivity contribution in [2.24, 2.45) is 4.99 Å². The Balaban J connectivity index is 1.63. The highest BCUT2D eigenvalue weighted by Crippen LogP contribution is 2.31. The molecule has 1 unspecified atom stereocenters. The Morgan fingerprint density at radius 3 is 2.48 bits per heavy atom. The zero-order valence-electron chi connectivity index (χ0n) is 16.1. The van der Waals surface area contributed by atoms with E-state index in [0.717, 1.165) is 5.56 Å². The minimum Gasteiger partial charge on any atom is -0.445 e. The zero-order valence-corrected chi connectivity index (χ0v) is 17.7. The molecule has 1 atom stereocenters. The molecular formula is C23H17Cl2N3O3. The van der Waals surface area contributed by atoms with Gasteiger partial charge in [-0.3, -0.25) is 10.1 Å². The molecule has 0 saturated carbocycles. The van der Waals surface area contributed by atoms with Crippen LogP contribution in [0.2, 0.25) is 10.0 Å². The van der Waals surface area contributed by atoms with Gasteiger partial charge in [-0.15, -0.1) is 0 Å². The van der Waals surface area contributed by atoms with Crippen molar-refractivity contribution in [1.82, 2.24) is 5.32 Å². The minimum atomic E-state index is -1.21. The maximum absolute atomic E-state index is 12.8. The predicted octanol–water partition coefficient (Wildman–Crippen LogP) is 5.04. The number of nitrogens with zero attached hydrogens (tertiary/aromatic N) is 1. The number of amides is 2. The number of hydrogen-bond donors (Lipinski definition) is 2. The van der Waals surface area contributed by atoms with E-state index in [1.54, 1.807) is 42.5 Å². The Hall–Kier alpha value is -3.35. The molecule has 3 aromatic carbocycles. The largest absolute Gasteiger partial charge is 0.445 e. The normalized spacial score (nSPS) is 15.2. The number of carbonyl (C=O) groups excluding carboxylic acids is 2. The number of hydrogen-bond acceptors (Lipinski definition) is 4. The number of nitrogens with one attached hydrogen (secondary N) is 2. The van der Waals surface area contributed by atoms with Crippen LogP contribution in [0.15, 0.2) is 77.8 Å². The van der Waals surface area contributed by atoms with Crippen LogP contribution in [0.3, 0.4) is 0 Å². The number of benzene rings is 3. The van der Waals surface area contributed by atoms with Gasteiger partial charge in [0.1, 0.15) is 6.61 Å². The van der Waals surface area contributed by atoms with Crippen LogP contribution in [-0.4, -0.2) is 23.9 Å². The van der Waals surface area contributed by atoms with Crippen LogP contribution < -0.4 is 10.6 Å². The minimum absolute atomic E-state index is 0.0703. The quantitative estimate of drug-likeness (QED) is 0.580. The summed E-state index contributed by atoms with van der Waals surface area (Å²) in [4.78, 5) is 29.7. The summed E-state index contributed by atoms with van der Waals surface area (Å²) < 4.78 is 5.23. The molecule has 0 fully saturated rings. The predicted molar refractivity (Wildman–Crippen MR) is 121 cm³/mol. The highest BCUT2D eigenvalue weighted by Gasteiger charge is 2.28. The van der Waals surface area contributed by atoms with Crippen LogP contribution in [0, 0.1) is 0 Å². The lowest BCUT2D eigenvalue weighted by Gasteiger charge is -2.13. The van der Waals surface area contributed by atoms with Gasteiger partial charge in [0.15, 0.2) is 0 Å². The van der Waals surface area contributed by atoms with Crippen molar-refractivity contribution in [3.05, 3.63) is 99.5 Å². The van der Waals surface area contributed by atoms with Crippen molar-refractivity contribution in [2.75, 3.05) is 5.32 Å². The van der Waals surface area contributed by atoms with Crippen LogP contribution in [0.4, 0.5) is 10.5 Å². The summed E-state index contributed by atoms with van der Waals surface area (Å²) >= 11 is 12.3. The second-order valence-electron chi connectivity index (χ2n) is 6.74. The van der Waals surface area contributed by atoms with Crippen molar-refractivity contribution in [3.63, 3.8) is 0 Å². The lowest BCUT2D eigenvalue weighted by Crippen LogP contribution is -2.42. The van der Waals surface area contributed by atoms with Gasteiger partial charge in [0.05, 0.1) is 16.4 Å². The van der Waals surface area contributed by atoms with Crippen molar-refractivity contribution >= 4 is 46.6 Å². The van der Waals surface area contributed by atoms with E-state index in [0.29, 0.717) is 32.6 Å². The van der Waals surface area contributed by atoms with E-state index in [-0.39, 0.29) is 6.61 Å². The molecular weight excluding hydrogens is 437 g/mol. The molecule has 2 amide bonds. The van der Waals surface area contributed by atoms with Gasteiger partial charge in [-0.2, -0.15) is 0 Å². The number of aliphatic imine (C=N–C) groups is 1. The number of carbonyl (C=O) groups is 2. The Labute approximate surface area is 188 Å². The molecule has 3 aromatic rings.